The third-order valence-electron chi connectivity index (χ3n) is 4.40. The highest BCUT2D eigenvalue weighted by molar-refractivity contribution is 5.85. The second-order valence-electron chi connectivity index (χ2n) is 5.99. The fourth-order valence-electron chi connectivity index (χ4n) is 3.21. The Morgan fingerprint density at radius 1 is 1.23 bits per heavy atom. The molecule has 0 spiro atoms. The molecule has 22 heavy (non-hydrogen) atoms. The van der Waals surface area contributed by atoms with Gasteiger partial charge in [0.15, 0.2) is 0 Å². The van der Waals surface area contributed by atoms with Crippen LogP contribution in [0.3, 0.4) is 0 Å². The van der Waals surface area contributed by atoms with Crippen LogP contribution in [0.4, 0.5) is 0 Å². The zero-order valence-electron chi connectivity index (χ0n) is 13.5. The van der Waals surface area contributed by atoms with E-state index in [1.165, 1.54) is 6.42 Å². The van der Waals surface area contributed by atoms with Crippen LogP contribution in [0.15, 0.2) is 0 Å². The maximum Gasteiger partial charge on any atom is 0.239 e. The first kappa shape index (κ1) is 21.9. The Bertz CT molecular complexity index is 315. The van der Waals surface area contributed by atoms with Crippen molar-refractivity contribution in [2.45, 2.75) is 51.1 Å². The van der Waals surface area contributed by atoms with E-state index in [1.54, 1.807) is 0 Å². The summed E-state index contributed by atoms with van der Waals surface area (Å²) in [6, 6.07) is 0.0301. The number of hydrogen-bond acceptors (Lipinski definition) is 4. The van der Waals surface area contributed by atoms with Crippen LogP contribution in [-0.2, 0) is 9.53 Å². The Hall–Kier alpha value is -0.0700. The van der Waals surface area contributed by atoms with E-state index >= 15 is 0 Å². The van der Waals surface area contributed by atoms with Crippen LogP contribution in [0.2, 0.25) is 0 Å². The highest BCUT2D eigenvalue weighted by atomic mass is 35.5. The van der Waals surface area contributed by atoms with Crippen LogP contribution in [0.25, 0.3) is 0 Å². The average Bonchev–Trinajstić information content (AvgIpc) is 2.48. The molecule has 2 unspecified atom stereocenters. The molecule has 2 fully saturated rings. The lowest BCUT2D eigenvalue weighted by molar-refractivity contribution is -0.137. The van der Waals surface area contributed by atoms with Gasteiger partial charge in [-0.2, -0.15) is 0 Å². The normalized spacial score (nSPS) is 24.1. The first-order chi connectivity index (χ1) is 9.72. The van der Waals surface area contributed by atoms with E-state index in [0.29, 0.717) is 6.04 Å². The maximum absolute atomic E-state index is 12.5. The molecule has 0 saturated carbocycles. The molecule has 0 aromatic heterocycles. The Balaban J connectivity index is 0.00000220. The summed E-state index contributed by atoms with van der Waals surface area (Å²) < 4.78 is 5.39. The molecule has 5 nitrogen and oxygen atoms in total. The number of nitrogens with zero attached hydrogens (tertiary/aromatic N) is 2. The van der Waals surface area contributed by atoms with E-state index in [0.717, 1.165) is 65.1 Å². The van der Waals surface area contributed by atoms with Crippen molar-refractivity contribution in [1.82, 2.24) is 9.80 Å². The highest BCUT2D eigenvalue weighted by Crippen LogP contribution is 2.20. The molecule has 2 rings (SSSR count). The lowest BCUT2D eigenvalue weighted by Crippen LogP contribution is -2.55. The van der Waals surface area contributed by atoms with Crippen molar-refractivity contribution in [2.75, 3.05) is 39.4 Å². The molecular weight excluding hydrogens is 325 g/mol. The van der Waals surface area contributed by atoms with Crippen LogP contribution in [0.1, 0.15) is 39.0 Å². The molecule has 0 aliphatic carbocycles. The number of likely N-dealkylation sites (tertiary alicyclic amines) is 1. The van der Waals surface area contributed by atoms with Gasteiger partial charge in [-0.25, -0.2) is 0 Å². The van der Waals surface area contributed by atoms with Crippen molar-refractivity contribution in [2.24, 2.45) is 5.73 Å². The summed E-state index contributed by atoms with van der Waals surface area (Å²) in [5, 5.41) is 0. The molecule has 132 valence electrons. The smallest absolute Gasteiger partial charge is 0.239 e. The molecule has 2 aliphatic rings. The van der Waals surface area contributed by atoms with Gasteiger partial charge in [0, 0.05) is 32.2 Å². The summed E-state index contributed by atoms with van der Waals surface area (Å²) >= 11 is 0. The summed E-state index contributed by atoms with van der Waals surface area (Å²) in [6.45, 7) is 7.54. The SMILES string of the molecule is CCCC(N)C(=O)N1CCCCC1CN1CCOCC1.Cl.Cl. The molecule has 7 heteroatoms. The first-order valence-corrected chi connectivity index (χ1v) is 8.08. The van der Waals surface area contributed by atoms with Gasteiger partial charge >= 0.3 is 0 Å². The quantitative estimate of drug-likeness (QED) is 0.814. The second kappa shape index (κ2) is 11.5. The number of halogens is 2. The molecule has 2 aliphatic heterocycles. The van der Waals surface area contributed by atoms with E-state index in [4.69, 9.17) is 10.5 Å². The van der Waals surface area contributed by atoms with Gasteiger partial charge in [-0.1, -0.05) is 13.3 Å². The molecule has 0 radical (unpaired) electrons. The number of nitrogens with two attached hydrogens (primary N) is 1. The van der Waals surface area contributed by atoms with Crippen molar-refractivity contribution >= 4 is 30.7 Å². The topological polar surface area (TPSA) is 58.8 Å². The van der Waals surface area contributed by atoms with Crippen molar-refractivity contribution in [1.29, 1.82) is 0 Å². The second-order valence-corrected chi connectivity index (χ2v) is 5.99. The minimum absolute atomic E-state index is 0. The lowest BCUT2D eigenvalue weighted by Gasteiger charge is -2.40. The molecule has 2 heterocycles. The van der Waals surface area contributed by atoms with E-state index in [2.05, 4.69) is 16.7 Å². The largest absolute Gasteiger partial charge is 0.379 e. The van der Waals surface area contributed by atoms with Gasteiger partial charge in [-0.15, -0.1) is 24.8 Å². The Morgan fingerprint density at radius 3 is 2.55 bits per heavy atom. The third-order valence-corrected chi connectivity index (χ3v) is 4.40. The summed E-state index contributed by atoms with van der Waals surface area (Å²) in [5.74, 6) is 0.157. The molecule has 0 bridgehead atoms. The van der Waals surface area contributed by atoms with Crippen molar-refractivity contribution in [3.63, 3.8) is 0 Å². The first-order valence-electron chi connectivity index (χ1n) is 8.08. The number of morpholine rings is 1. The fourth-order valence-corrected chi connectivity index (χ4v) is 3.21. The van der Waals surface area contributed by atoms with E-state index in [-0.39, 0.29) is 36.8 Å². The average molecular weight is 356 g/mol. The molecule has 2 saturated heterocycles. The highest BCUT2D eigenvalue weighted by Gasteiger charge is 2.31. The lowest BCUT2D eigenvalue weighted by atomic mass is 9.99. The monoisotopic (exact) mass is 355 g/mol. The Labute approximate surface area is 146 Å². The van der Waals surface area contributed by atoms with Crippen LogP contribution < -0.4 is 5.73 Å². The van der Waals surface area contributed by atoms with Crippen molar-refractivity contribution in [3.05, 3.63) is 0 Å². The summed E-state index contributed by atoms with van der Waals surface area (Å²) in [4.78, 5) is 17.0. The molecule has 0 aromatic carbocycles. The number of amides is 1. The van der Waals surface area contributed by atoms with Gasteiger partial charge in [0.1, 0.15) is 0 Å². The van der Waals surface area contributed by atoms with Crippen LogP contribution in [0, 0.1) is 0 Å². The van der Waals surface area contributed by atoms with E-state index in [1.807, 2.05) is 0 Å². The molecular formula is C15H31Cl2N3O2. The third kappa shape index (κ3) is 6.20. The molecule has 2 N–H and O–H groups in total. The number of ether oxygens (including phenoxy) is 1. The van der Waals surface area contributed by atoms with Gasteiger partial charge in [0.2, 0.25) is 5.91 Å². The fraction of sp³-hybridized carbons (Fsp3) is 0.933. The van der Waals surface area contributed by atoms with Crippen LogP contribution >= 0.6 is 24.8 Å². The number of hydrogen-bond donors (Lipinski definition) is 1. The van der Waals surface area contributed by atoms with Gasteiger partial charge in [0.25, 0.3) is 0 Å². The van der Waals surface area contributed by atoms with Crippen molar-refractivity contribution < 1.29 is 9.53 Å². The van der Waals surface area contributed by atoms with E-state index < -0.39 is 0 Å². The number of rotatable bonds is 5. The predicted octanol–water partition coefficient (Wildman–Crippen LogP) is 1.67. The van der Waals surface area contributed by atoms with Crippen molar-refractivity contribution in [3.8, 4) is 0 Å². The molecule has 1 amide bonds. The van der Waals surface area contributed by atoms with Gasteiger partial charge in [0.05, 0.1) is 19.3 Å². The Morgan fingerprint density at radius 2 is 1.91 bits per heavy atom. The predicted molar refractivity (Wildman–Crippen MR) is 94.0 cm³/mol. The van der Waals surface area contributed by atoms with Gasteiger partial charge in [-0.3, -0.25) is 9.69 Å². The minimum atomic E-state index is -0.315. The number of carbonyl (C=O) groups is 1. The molecule has 0 aromatic rings. The summed E-state index contributed by atoms with van der Waals surface area (Å²) in [6.07, 6.45) is 5.21. The Kier molecular flexibility index (Phi) is 11.4. The summed E-state index contributed by atoms with van der Waals surface area (Å²) in [7, 11) is 0. The maximum atomic E-state index is 12.5. The van der Waals surface area contributed by atoms with E-state index in [9.17, 15) is 4.79 Å². The number of piperidine rings is 1. The zero-order valence-corrected chi connectivity index (χ0v) is 15.2. The minimum Gasteiger partial charge on any atom is -0.379 e. The standard InChI is InChI=1S/C15H29N3O2.2ClH/c1-2-5-14(16)15(19)18-7-4-3-6-13(18)12-17-8-10-20-11-9-17;;/h13-14H,2-12,16H2,1H3;2*1H. The summed E-state index contributed by atoms with van der Waals surface area (Å²) in [5.41, 5.74) is 6.03. The molecule has 2 atom stereocenters. The van der Waals surface area contributed by atoms with Gasteiger partial charge in [-0.05, 0) is 25.7 Å². The van der Waals surface area contributed by atoms with Crippen LogP contribution in [0.5, 0.6) is 0 Å². The number of carbonyl (C=O) groups excluding carboxylic acids is 1. The zero-order chi connectivity index (χ0) is 14.4. The van der Waals surface area contributed by atoms with Gasteiger partial charge < -0.3 is 15.4 Å². The van der Waals surface area contributed by atoms with Crippen LogP contribution in [-0.4, -0.2) is 67.2 Å².